The van der Waals surface area contributed by atoms with Crippen LogP contribution >= 0.6 is 11.6 Å². The van der Waals surface area contributed by atoms with Gasteiger partial charge in [0, 0.05) is 17.1 Å². The van der Waals surface area contributed by atoms with E-state index in [0.29, 0.717) is 16.3 Å². The number of halogens is 2. The molecule has 0 saturated heterocycles. The highest BCUT2D eigenvalue weighted by atomic mass is 35.5. The van der Waals surface area contributed by atoms with Gasteiger partial charge >= 0.3 is 0 Å². The maximum atomic E-state index is 14.0. The molecule has 1 N–H and O–H groups in total. The molecule has 0 heterocycles. The third kappa shape index (κ3) is 8.05. The molecule has 0 spiro atoms. The van der Waals surface area contributed by atoms with E-state index in [2.05, 4.69) is 5.32 Å². The number of nitrogens with zero attached hydrogens (tertiary/aromatic N) is 2. The van der Waals surface area contributed by atoms with Gasteiger partial charge in [-0.2, -0.15) is 0 Å². The Kier molecular flexibility index (Phi) is 9.97. The molecule has 214 valence electrons. The Balaban J connectivity index is 2.06. The molecule has 0 unspecified atom stereocenters. The number of aryl methyl sites for hydroxylation is 1. The van der Waals surface area contributed by atoms with Crippen LogP contribution in [0.4, 0.5) is 10.1 Å². The van der Waals surface area contributed by atoms with Gasteiger partial charge in [0.05, 0.1) is 10.6 Å². The van der Waals surface area contributed by atoms with Gasteiger partial charge in [-0.3, -0.25) is 13.9 Å². The molecule has 3 aromatic carbocycles. The first-order chi connectivity index (χ1) is 18.7. The molecule has 40 heavy (non-hydrogen) atoms. The van der Waals surface area contributed by atoms with Gasteiger partial charge < -0.3 is 10.2 Å². The van der Waals surface area contributed by atoms with Crippen LogP contribution in [0.3, 0.4) is 0 Å². The summed E-state index contributed by atoms with van der Waals surface area (Å²) >= 11 is 5.98. The average Bonchev–Trinajstić information content (AvgIpc) is 2.88. The molecule has 0 aliphatic rings. The molecule has 7 nitrogen and oxygen atoms in total. The zero-order valence-corrected chi connectivity index (χ0v) is 24.9. The molecule has 0 radical (unpaired) electrons. The van der Waals surface area contributed by atoms with Gasteiger partial charge in [-0.25, -0.2) is 12.8 Å². The first-order valence-corrected chi connectivity index (χ1v) is 14.7. The lowest BCUT2D eigenvalue weighted by atomic mass is 10.1. The van der Waals surface area contributed by atoms with Crippen molar-refractivity contribution in [2.75, 3.05) is 10.8 Å². The second kappa shape index (κ2) is 12.8. The van der Waals surface area contributed by atoms with Crippen LogP contribution < -0.4 is 9.62 Å². The number of hydrogen-bond acceptors (Lipinski definition) is 4. The first-order valence-electron chi connectivity index (χ1n) is 12.9. The van der Waals surface area contributed by atoms with E-state index in [4.69, 9.17) is 11.6 Å². The number of amides is 2. The Morgan fingerprint density at radius 2 is 1.52 bits per heavy atom. The Hall–Kier alpha value is -3.43. The van der Waals surface area contributed by atoms with Crippen molar-refractivity contribution in [2.45, 2.75) is 64.1 Å². The lowest BCUT2D eigenvalue weighted by Gasteiger charge is -2.34. The van der Waals surface area contributed by atoms with Crippen molar-refractivity contribution in [3.63, 3.8) is 0 Å². The Morgan fingerprint density at radius 1 is 0.950 bits per heavy atom. The molecule has 0 saturated carbocycles. The standard InChI is InChI=1S/C30H35ClFN3O4S/c1-6-27(29(37)33-30(3,4)5)34(19-22-9-13-24(32)14-10-22)28(36)20-35(25-15-7-21(2)8-16-25)40(38,39)26-17-11-23(31)12-18-26/h7-18,27H,6,19-20H2,1-5H3,(H,33,37)/t27-/m0/s1. The summed E-state index contributed by atoms with van der Waals surface area (Å²) in [6, 6.07) is 17.2. The van der Waals surface area contributed by atoms with Crippen molar-refractivity contribution in [1.29, 1.82) is 0 Å². The summed E-state index contributed by atoms with van der Waals surface area (Å²) in [6.07, 6.45) is 0.281. The molecule has 0 aliphatic heterocycles. The number of anilines is 1. The topological polar surface area (TPSA) is 86.8 Å². The summed E-state index contributed by atoms with van der Waals surface area (Å²) in [7, 11) is -4.20. The number of carbonyl (C=O) groups excluding carboxylic acids is 2. The van der Waals surface area contributed by atoms with Gasteiger partial charge in [0.15, 0.2) is 0 Å². The Bertz CT molecular complexity index is 1420. The summed E-state index contributed by atoms with van der Waals surface area (Å²) in [6.45, 7) is 8.58. The minimum atomic E-state index is -4.20. The largest absolute Gasteiger partial charge is 0.350 e. The molecule has 1 atom stereocenters. The summed E-state index contributed by atoms with van der Waals surface area (Å²) in [5.74, 6) is -1.38. The van der Waals surface area contributed by atoms with Crippen molar-refractivity contribution >= 4 is 39.1 Å². The van der Waals surface area contributed by atoms with E-state index < -0.39 is 39.9 Å². The summed E-state index contributed by atoms with van der Waals surface area (Å²) in [4.78, 5) is 28.6. The van der Waals surface area contributed by atoms with Crippen molar-refractivity contribution in [2.24, 2.45) is 0 Å². The van der Waals surface area contributed by atoms with Gasteiger partial charge in [-0.05, 0) is 88.2 Å². The predicted molar refractivity (Wildman–Crippen MR) is 156 cm³/mol. The summed E-state index contributed by atoms with van der Waals surface area (Å²) in [5.41, 5.74) is 1.25. The lowest BCUT2D eigenvalue weighted by molar-refractivity contribution is -0.141. The number of carbonyl (C=O) groups is 2. The molecule has 0 aliphatic carbocycles. The number of sulfonamides is 1. The van der Waals surface area contributed by atoms with E-state index in [1.54, 1.807) is 31.2 Å². The van der Waals surface area contributed by atoms with Gasteiger partial charge in [-0.1, -0.05) is 48.4 Å². The minimum Gasteiger partial charge on any atom is -0.350 e. The third-order valence-corrected chi connectivity index (χ3v) is 8.19. The van der Waals surface area contributed by atoms with Crippen molar-refractivity contribution < 1.29 is 22.4 Å². The normalized spacial score (nSPS) is 12.5. The van der Waals surface area contributed by atoms with E-state index in [0.717, 1.165) is 9.87 Å². The molecule has 3 aromatic rings. The molecule has 2 amide bonds. The van der Waals surface area contributed by atoms with Gasteiger partial charge in [-0.15, -0.1) is 0 Å². The predicted octanol–water partition coefficient (Wildman–Crippen LogP) is 5.70. The summed E-state index contributed by atoms with van der Waals surface area (Å²) in [5, 5.41) is 3.29. The third-order valence-electron chi connectivity index (χ3n) is 6.15. The van der Waals surface area contributed by atoms with Gasteiger partial charge in [0.2, 0.25) is 11.8 Å². The van der Waals surface area contributed by atoms with Crippen molar-refractivity contribution in [1.82, 2.24) is 10.2 Å². The van der Waals surface area contributed by atoms with Gasteiger partial charge in [0.1, 0.15) is 18.4 Å². The van der Waals surface area contributed by atoms with Crippen LogP contribution in [0.1, 0.15) is 45.2 Å². The van der Waals surface area contributed by atoms with E-state index >= 15 is 0 Å². The quantitative estimate of drug-likeness (QED) is 0.329. The van der Waals surface area contributed by atoms with Gasteiger partial charge in [0.25, 0.3) is 10.0 Å². The smallest absolute Gasteiger partial charge is 0.264 e. The van der Waals surface area contributed by atoms with E-state index in [-0.39, 0.29) is 23.8 Å². The van der Waals surface area contributed by atoms with Crippen molar-refractivity contribution in [3.8, 4) is 0 Å². The number of rotatable bonds is 10. The SMILES string of the molecule is CC[C@@H](C(=O)NC(C)(C)C)N(Cc1ccc(F)cc1)C(=O)CN(c1ccc(C)cc1)S(=O)(=O)c1ccc(Cl)cc1. The number of benzene rings is 3. The molecule has 0 aromatic heterocycles. The van der Waals surface area contributed by atoms with Crippen LogP contribution in [0.15, 0.2) is 77.7 Å². The second-order valence-electron chi connectivity index (χ2n) is 10.6. The van der Waals surface area contributed by atoms with E-state index in [1.165, 1.54) is 53.4 Å². The van der Waals surface area contributed by atoms with Crippen LogP contribution in [-0.2, 0) is 26.2 Å². The zero-order valence-electron chi connectivity index (χ0n) is 23.3. The lowest BCUT2D eigenvalue weighted by Crippen LogP contribution is -2.55. The first kappa shape index (κ1) is 31.1. The highest BCUT2D eigenvalue weighted by Gasteiger charge is 2.34. The fourth-order valence-electron chi connectivity index (χ4n) is 4.13. The van der Waals surface area contributed by atoms with E-state index in [9.17, 15) is 22.4 Å². The average molecular weight is 588 g/mol. The van der Waals surface area contributed by atoms with Crippen LogP contribution in [0.25, 0.3) is 0 Å². The number of hydrogen-bond donors (Lipinski definition) is 1. The maximum absolute atomic E-state index is 14.0. The van der Waals surface area contributed by atoms with Crippen LogP contribution in [-0.4, -0.2) is 43.3 Å². The Labute approximate surface area is 241 Å². The fraction of sp³-hybridized carbons (Fsp3) is 0.333. The monoisotopic (exact) mass is 587 g/mol. The molecular formula is C30H35ClFN3O4S. The second-order valence-corrected chi connectivity index (χ2v) is 12.9. The molecule has 0 fully saturated rings. The zero-order chi connectivity index (χ0) is 29.7. The molecule has 0 bridgehead atoms. The molecule has 10 heteroatoms. The van der Waals surface area contributed by atoms with Crippen LogP contribution in [0.2, 0.25) is 5.02 Å². The Morgan fingerprint density at radius 3 is 2.05 bits per heavy atom. The van der Waals surface area contributed by atoms with Crippen LogP contribution in [0, 0.1) is 12.7 Å². The molecular weight excluding hydrogens is 553 g/mol. The van der Waals surface area contributed by atoms with Crippen LogP contribution in [0.5, 0.6) is 0 Å². The highest BCUT2D eigenvalue weighted by molar-refractivity contribution is 7.92. The van der Waals surface area contributed by atoms with Crippen molar-refractivity contribution in [3.05, 3.63) is 94.8 Å². The minimum absolute atomic E-state index is 0.0160. The highest BCUT2D eigenvalue weighted by Crippen LogP contribution is 2.26. The molecule has 3 rings (SSSR count). The fourth-order valence-corrected chi connectivity index (χ4v) is 5.67. The number of nitrogens with one attached hydrogen (secondary N) is 1. The van der Waals surface area contributed by atoms with E-state index in [1.807, 2.05) is 27.7 Å². The summed E-state index contributed by atoms with van der Waals surface area (Å²) < 4.78 is 42.3. The maximum Gasteiger partial charge on any atom is 0.264 e.